The molecule has 132 valence electrons. The maximum absolute atomic E-state index is 5.64. The first kappa shape index (κ1) is 18.5. The lowest BCUT2D eigenvalue weighted by molar-refractivity contribution is 0.193. The Morgan fingerprint density at radius 3 is 2.62 bits per heavy atom. The Hall–Kier alpha value is -1.79. The van der Waals surface area contributed by atoms with E-state index in [1.807, 2.05) is 12.1 Å². The zero-order chi connectivity index (χ0) is 17.4. The zero-order valence-electron chi connectivity index (χ0n) is 15.0. The molecule has 5 nitrogen and oxygen atoms in total. The summed E-state index contributed by atoms with van der Waals surface area (Å²) < 4.78 is 5.64. The molecule has 0 saturated carbocycles. The minimum Gasteiger partial charge on any atom is -0.468 e. The van der Waals surface area contributed by atoms with Crippen molar-refractivity contribution in [1.82, 2.24) is 15.5 Å². The standard InChI is InChI=1S/C18H28N4OS/c1-5-22(6-2)15(16-8-7-10-23-16)12-20-18(19-4)21-13-17-14(3)9-11-24-17/h7-11,15H,5-6,12-13H2,1-4H3,(H2,19,20,21). The van der Waals surface area contributed by atoms with Gasteiger partial charge in [0.1, 0.15) is 5.76 Å². The van der Waals surface area contributed by atoms with Gasteiger partial charge in [-0.25, -0.2) is 0 Å². The lowest BCUT2D eigenvalue weighted by Crippen LogP contribution is -2.42. The molecule has 0 amide bonds. The summed E-state index contributed by atoms with van der Waals surface area (Å²) in [5.74, 6) is 1.79. The Balaban J connectivity index is 1.95. The molecule has 2 heterocycles. The second-order valence-electron chi connectivity index (χ2n) is 5.59. The Kier molecular flexibility index (Phi) is 7.34. The molecule has 0 fully saturated rings. The van der Waals surface area contributed by atoms with Crippen molar-refractivity contribution in [3.63, 3.8) is 0 Å². The number of aryl methyl sites for hydroxylation is 1. The predicted octanol–water partition coefficient (Wildman–Crippen LogP) is 3.40. The first-order valence-corrected chi connectivity index (χ1v) is 9.32. The summed E-state index contributed by atoms with van der Waals surface area (Å²) in [6.45, 7) is 9.97. The highest BCUT2D eigenvalue weighted by Gasteiger charge is 2.20. The van der Waals surface area contributed by atoms with Crippen molar-refractivity contribution in [3.05, 3.63) is 46.0 Å². The molecule has 24 heavy (non-hydrogen) atoms. The van der Waals surface area contributed by atoms with Gasteiger partial charge >= 0.3 is 0 Å². The van der Waals surface area contributed by atoms with Gasteiger partial charge in [0.15, 0.2) is 5.96 Å². The molecule has 1 atom stereocenters. The molecule has 0 aliphatic heterocycles. The summed E-state index contributed by atoms with van der Waals surface area (Å²) >= 11 is 1.77. The zero-order valence-corrected chi connectivity index (χ0v) is 15.8. The molecule has 0 aromatic carbocycles. The molecule has 0 spiro atoms. The van der Waals surface area contributed by atoms with Crippen molar-refractivity contribution in [1.29, 1.82) is 0 Å². The summed E-state index contributed by atoms with van der Waals surface area (Å²) in [5.41, 5.74) is 1.32. The molecule has 2 rings (SSSR count). The number of furan rings is 1. The lowest BCUT2D eigenvalue weighted by atomic mass is 10.2. The maximum Gasteiger partial charge on any atom is 0.191 e. The highest BCUT2D eigenvalue weighted by atomic mass is 32.1. The molecule has 2 N–H and O–H groups in total. The first-order chi connectivity index (χ1) is 11.7. The fourth-order valence-corrected chi connectivity index (χ4v) is 3.56. The van der Waals surface area contributed by atoms with Crippen molar-refractivity contribution in [2.24, 2.45) is 4.99 Å². The van der Waals surface area contributed by atoms with Gasteiger partial charge in [-0.05, 0) is 49.2 Å². The van der Waals surface area contributed by atoms with Gasteiger partial charge in [-0.15, -0.1) is 11.3 Å². The van der Waals surface area contributed by atoms with E-state index >= 15 is 0 Å². The first-order valence-electron chi connectivity index (χ1n) is 8.44. The summed E-state index contributed by atoms with van der Waals surface area (Å²) in [5, 5.41) is 8.94. The van der Waals surface area contributed by atoms with Crippen molar-refractivity contribution in [2.75, 3.05) is 26.7 Å². The third kappa shape index (κ3) is 4.85. The van der Waals surface area contributed by atoms with E-state index in [4.69, 9.17) is 4.42 Å². The van der Waals surface area contributed by atoms with Crippen molar-refractivity contribution in [3.8, 4) is 0 Å². The summed E-state index contributed by atoms with van der Waals surface area (Å²) in [6.07, 6.45) is 1.73. The number of guanidine groups is 1. The number of rotatable bonds is 8. The van der Waals surface area contributed by atoms with Crippen LogP contribution in [0.25, 0.3) is 0 Å². The lowest BCUT2D eigenvalue weighted by Gasteiger charge is -2.28. The van der Waals surface area contributed by atoms with Crippen molar-refractivity contribution >= 4 is 17.3 Å². The van der Waals surface area contributed by atoms with Crippen LogP contribution in [0.3, 0.4) is 0 Å². The largest absolute Gasteiger partial charge is 0.468 e. The molecule has 6 heteroatoms. The number of nitrogens with zero attached hydrogens (tertiary/aromatic N) is 2. The fraction of sp³-hybridized carbons (Fsp3) is 0.500. The van der Waals surface area contributed by atoms with E-state index in [9.17, 15) is 0 Å². The van der Waals surface area contributed by atoms with Crippen LogP contribution in [-0.2, 0) is 6.54 Å². The van der Waals surface area contributed by atoms with Crippen LogP contribution in [0.2, 0.25) is 0 Å². The van der Waals surface area contributed by atoms with Gasteiger partial charge in [0.2, 0.25) is 0 Å². The normalized spacial score (nSPS) is 13.3. The van der Waals surface area contributed by atoms with Gasteiger partial charge in [-0.1, -0.05) is 13.8 Å². The molecule has 2 aromatic heterocycles. The van der Waals surface area contributed by atoms with E-state index in [-0.39, 0.29) is 6.04 Å². The van der Waals surface area contributed by atoms with Gasteiger partial charge in [0.25, 0.3) is 0 Å². The fourth-order valence-electron chi connectivity index (χ4n) is 2.72. The molecule has 0 radical (unpaired) electrons. The molecule has 0 aliphatic carbocycles. The summed E-state index contributed by atoms with van der Waals surface area (Å²) in [4.78, 5) is 8.05. The van der Waals surface area contributed by atoms with Gasteiger partial charge in [0.05, 0.1) is 18.8 Å². The van der Waals surface area contributed by atoms with Crippen molar-refractivity contribution in [2.45, 2.75) is 33.4 Å². The third-order valence-electron chi connectivity index (χ3n) is 4.20. The molecule has 0 saturated heterocycles. The highest BCUT2D eigenvalue weighted by molar-refractivity contribution is 7.10. The Morgan fingerprint density at radius 2 is 2.08 bits per heavy atom. The van der Waals surface area contributed by atoms with E-state index in [0.717, 1.165) is 37.9 Å². The number of aliphatic imine (C=N–C) groups is 1. The van der Waals surface area contributed by atoms with Crippen LogP contribution >= 0.6 is 11.3 Å². The number of thiophene rings is 1. The van der Waals surface area contributed by atoms with Gasteiger partial charge in [-0.3, -0.25) is 9.89 Å². The number of hydrogen-bond acceptors (Lipinski definition) is 4. The molecule has 0 aliphatic rings. The minimum atomic E-state index is 0.192. The van der Waals surface area contributed by atoms with Gasteiger partial charge in [0, 0.05) is 18.5 Å². The van der Waals surface area contributed by atoms with Gasteiger partial charge < -0.3 is 15.1 Å². The maximum atomic E-state index is 5.64. The quantitative estimate of drug-likeness (QED) is 0.567. The second kappa shape index (κ2) is 9.49. The predicted molar refractivity (Wildman–Crippen MR) is 102 cm³/mol. The second-order valence-corrected chi connectivity index (χ2v) is 6.59. The minimum absolute atomic E-state index is 0.192. The Morgan fingerprint density at radius 1 is 1.29 bits per heavy atom. The summed E-state index contributed by atoms with van der Waals surface area (Å²) in [7, 11) is 1.80. The van der Waals surface area contributed by atoms with Crippen LogP contribution < -0.4 is 10.6 Å². The van der Waals surface area contributed by atoms with Crippen LogP contribution in [0.15, 0.2) is 39.3 Å². The van der Waals surface area contributed by atoms with E-state index in [1.54, 1.807) is 24.6 Å². The van der Waals surface area contributed by atoms with E-state index in [0.29, 0.717) is 0 Å². The third-order valence-corrected chi connectivity index (χ3v) is 5.22. The Labute approximate surface area is 148 Å². The van der Waals surface area contributed by atoms with Gasteiger partial charge in [-0.2, -0.15) is 0 Å². The average molecular weight is 349 g/mol. The topological polar surface area (TPSA) is 52.8 Å². The average Bonchev–Trinajstić information content (AvgIpc) is 3.26. The van der Waals surface area contributed by atoms with Crippen LogP contribution in [0.1, 0.15) is 36.1 Å². The Bertz CT molecular complexity index is 617. The monoisotopic (exact) mass is 348 g/mol. The van der Waals surface area contributed by atoms with Crippen LogP contribution in [0.4, 0.5) is 0 Å². The molecule has 1 unspecified atom stereocenters. The molecular weight excluding hydrogens is 320 g/mol. The van der Waals surface area contributed by atoms with E-state index < -0.39 is 0 Å². The molecular formula is C18H28N4OS. The van der Waals surface area contributed by atoms with Crippen LogP contribution in [-0.4, -0.2) is 37.5 Å². The summed E-state index contributed by atoms with van der Waals surface area (Å²) in [6, 6.07) is 6.32. The van der Waals surface area contributed by atoms with Crippen LogP contribution in [0.5, 0.6) is 0 Å². The smallest absolute Gasteiger partial charge is 0.191 e. The molecule has 0 bridgehead atoms. The van der Waals surface area contributed by atoms with E-state index in [2.05, 4.69) is 52.7 Å². The number of nitrogens with one attached hydrogen (secondary N) is 2. The molecule has 2 aromatic rings. The van der Waals surface area contributed by atoms with E-state index in [1.165, 1.54) is 10.4 Å². The highest BCUT2D eigenvalue weighted by Crippen LogP contribution is 2.20. The number of likely N-dealkylation sites (N-methyl/N-ethyl adjacent to an activating group) is 1. The number of hydrogen-bond donors (Lipinski definition) is 2. The van der Waals surface area contributed by atoms with Crippen LogP contribution in [0, 0.1) is 6.92 Å². The SMILES string of the molecule is CCN(CC)C(CNC(=NC)NCc1sccc1C)c1ccco1. The van der Waals surface area contributed by atoms with Crippen molar-refractivity contribution < 1.29 is 4.42 Å².